The third kappa shape index (κ3) is 9.68. The Morgan fingerprint density at radius 2 is 1.88 bits per heavy atom. The van der Waals surface area contributed by atoms with Crippen LogP contribution in [0.15, 0.2) is 0 Å². The van der Waals surface area contributed by atoms with Crippen molar-refractivity contribution in [2.24, 2.45) is 0 Å². The molecule has 98 valence electrons. The fraction of sp³-hybridized carbons (Fsp3) is 0.700. The van der Waals surface area contributed by atoms with E-state index in [1.165, 1.54) is 18.7 Å². The highest BCUT2D eigenvalue weighted by molar-refractivity contribution is 7.99. The first-order valence-corrected chi connectivity index (χ1v) is 6.34. The maximum absolute atomic E-state index is 10.7. The van der Waals surface area contributed by atoms with Crippen molar-refractivity contribution in [1.82, 2.24) is 5.32 Å². The molecule has 0 aromatic rings. The van der Waals surface area contributed by atoms with Crippen LogP contribution in [0.4, 0.5) is 0 Å². The maximum Gasteiger partial charge on any atom is 0.217 e. The summed E-state index contributed by atoms with van der Waals surface area (Å²) in [7, 11) is 0. The van der Waals surface area contributed by atoms with Crippen LogP contribution in [-0.2, 0) is 14.4 Å². The molecule has 0 heterocycles. The molecule has 0 aromatic carbocycles. The average Bonchev–Trinajstić information content (AvgIpc) is 2.20. The maximum atomic E-state index is 10.7. The number of hydrogen-bond donors (Lipinski definition) is 1. The van der Waals surface area contributed by atoms with Crippen LogP contribution in [0.3, 0.4) is 0 Å². The van der Waals surface area contributed by atoms with Gasteiger partial charge in [-0.25, -0.2) is 0 Å². The smallest absolute Gasteiger partial charge is 0.217 e. The molecular formula is C10H15NO5S-2. The predicted molar refractivity (Wildman–Crippen MR) is 58.8 cm³/mol. The molecular weight excluding hydrogens is 246 g/mol. The summed E-state index contributed by atoms with van der Waals surface area (Å²) in [4.78, 5) is 31.4. The Morgan fingerprint density at radius 3 is 2.35 bits per heavy atom. The van der Waals surface area contributed by atoms with Gasteiger partial charge in [-0.2, -0.15) is 11.8 Å². The van der Waals surface area contributed by atoms with Gasteiger partial charge in [-0.05, 0) is 25.0 Å². The predicted octanol–water partition coefficient (Wildman–Crippen LogP) is -2.11. The van der Waals surface area contributed by atoms with Gasteiger partial charge in [0.2, 0.25) is 5.91 Å². The van der Waals surface area contributed by atoms with Gasteiger partial charge in [0.05, 0.1) is 12.0 Å². The molecule has 17 heavy (non-hydrogen) atoms. The van der Waals surface area contributed by atoms with Crippen molar-refractivity contribution >= 4 is 29.6 Å². The Morgan fingerprint density at radius 1 is 1.24 bits per heavy atom. The van der Waals surface area contributed by atoms with Gasteiger partial charge >= 0.3 is 0 Å². The van der Waals surface area contributed by atoms with Crippen molar-refractivity contribution in [3.05, 3.63) is 0 Å². The molecule has 7 heteroatoms. The first-order valence-electron chi connectivity index (χ1n) is 5.19. The Labute approximate surface area is 104 Å². The van der Waals surface area contributed by atoms with Gasteiger partial charge in [-0.15, -0.1) is 0 Å². The number of unbranched alkanes of at least 4 members (excludes halogenated alkanes) is 1. The minimum atomic E-state index is -1.32. The third-order valence-corrected chi connectivity index (χ3v) is 3.01. The molecule has 0 aliphatic carbocycles. The summed E-state index contributed by atoms with van der Waals surface area (Å²) in [5, 5.41) is 23.0. The van der Waals surface area contributed by atoms with E-state index in [1.807, 2.05) is 0 Å². The largest absolute Gasteiger partial charge is 0.550 e. The average molecular weight is 261 g/mol. The molecule has 0 aliphatic rings. The normalized spacial score (nSPS) is 11.8. The van der Waals surface area contributed by atoms with Crippen molar-refractivity contribution < 1.29 is 24.6 Å². The zero-order valence-electron chi connectivity index (χ0n) is 9.56. The highest BCUT2D eigenvalue weighted by atomic mass is 32.2. The first kappa shape index (κ1) is 15.8. The van der Waals surface area contributed by atoms with Gasteiger partial charge in [0, 0.05) is 18.6 Å². The van der Waals surface area contributed by atoms with E-state index in [9.17, 15) is 24.6 Å². The Hall–Kier alpha value is -1.24. The Balaban J connectivity index is 3.65. The van der Waals surface area contributed by atoms with Crippen LogP contribution in [0.1, 0.15) is 26.2 Å². The number of carboxylic acid groups (broad SMARTS) is 2. The fourth-order valence-corrected chi connectivity index (χ4v) is 2.12. The van der Waals surface area contributed by atoms with E-state index in [-0.39, 0.29) is 12.2 Å². The third-order valence-electron chi connectivity index (χ3n) is 1.87. The highest BCUT2D eigenvalue weighted by Gasteiger charge is 2.10. The molecule has 0 radical (unpaired) electrons. The van der Waals surface area contributed by atoms with E-state index in [4.69, 9.17) is 0 Å². The molecule has 1 unspecified atom stereocenters. The van der Waals surface area contributed by atoms with E-state index in [0.717, 1.165) is 0 Å². The van der Waals surface area contributed by atoms with Gasteiger partial charge in [-0.3, -0.25) is 4.79 Å². The molecule has 1 N–H and O–H groups in total. The summed E-state index contributed by atoms with van der Waals surface area (Å²) in [5.74, 6) is -1.97. The lowest BCUT2D eigenvalue weighted by Gasteiger charge is -2.18. The topological polar surface area (TPSA) is 109 Å². The number of rotatable bonds is 9. The molecule has 0 saturated heterocycles. The van der Waals surface area contributed by atoms with Crippen LogP contribution in [0.25, 0.3) is 0 Å². The number of carboxylic acids is 2. The molecule has 1 atom stereocenters. The summed E-state index contributed by atoms with van der Waals surface area (Å²) >= 11 is 1.33. The zero-order chi connectivity index (χ0) is 13.3. The van der Waals surface area contributed by atoms with Gasteiger partial charge < -0.3 is 25.1 Å². The van der Waals surface area contributed by atoms with Crippen molar-refractivity contribution in [2.45, 2.75) is 32.2 Å². The number of carbonyl (C=O) groups excluding carboxylic acids is 3. The van der Waals surface area contributed by atoms with Crippen molar-refractivity contribution in [3.63, 3.8) is 0 Å². The van der Waals surface area contributed by atoms with Gasteiger partial charge in [-0.1, -0.05) is 0 Å². The lowest BCUT2D eigenvalue weighted by molar-refractivity contribution is -0.308. The molecule has 0 rings (SSSR count). The van der Waals surface area contributed by atoms with Crippen molar-refractivity contribution in [2.75, 3.05) is 11.5 Å². The second-order valence-electron chi connectivity index (χ2n) is 3.48. The summed E-state index contributed by atoms with van der Waals surface area (Å²) < 4.78 is 0. The van der Waals surface area contributed by atoms with Crippen LogP contribution in [0.5, 0.6) is 0 Å². The molecule has 0 aromatic heterocycles. The van der Waals surface area contributed by atoms with Crippen LogP contribution in [0.2, 0.25) is 0 Å². The van der Waals surface area contributed by atoms with Crippen molar-refractivity contribution in [3.8, 4) is 0 Å². The first-order chi connectivity index (χ1) is 7.93. The number of nitrogens with one attached hydrogen (secondary N) is 1. The molecule has 0 bridgehead atoms. The highest BCUT2D eigenvalue weighted by Crippen LogP contribution is 2.07. The number of amides is 1. The molecule has 0 fully saturated rings. The Kier molecular flexibility index (Phi) is 8.21. The fourth-order valence-electron chi connectivity index (χ4n) is 1.09. The lowest BCUT2D eigenvalue weighted by atomic mass is 10.2. The van der Waals surface area contributed by atoms with E-state index in [0.29, 0.717) is 18.6 Å². The second kappa shape index (κ2) is 8.86. The Bertz CT molecular complexity index is 282. The minimum absolute atomic E-state index is 0.0101. The van der Waals surface area contributed by atoms with Crippen LogP contribution >= 0.6 is 11.8 Å². The summed E-state index contributed by atoms with van der Waals surface area (Å²) in [6, 6.07) is -1.00. The summed E-state index contributed by atoms with van der Waals surface area (Å²) in [6.45, 7) is 1.24. The minimum Gasteiger partial charge on any atom is -0.550 e. The van der Waals surface area contributed by atoms with Gasteiger partial charge in [0.25, 0.3) is 0 Å². The standard InChI is InChI=1S/C10H17NO5S/c1-7(12)11-8(10(15)16)6-17-5-3-2-4-9(13)14/h8H,2-6H2,1H3,(H,11,12)(H,13,14)(H,15,16)/p-2. The van der Waals surface area contributed by atoms with Crippen LogP contribution < -0.4 is 15.5 Å². The number of hydrogen-bond acceptors (Lipinski definition) is 6. The number of aliphatic carboxylic acids is 2. The summed E-state index contributed by atoms with van der Waals surface area (Å²) in [6.07, 6.45) is 1.18. The molecule has 0 saturated carbocycles. The van der Waals surface area contributed by atoms with Crippen LogP contribution in [-0.4, -0.2) is 35.4 Å². The molecule has 0 spiro atoms. The van der Waals surface area contributed by atoms with Crippen LogP contribution in [0, 0.1) is 0 Å². The zero-order valence-corrected chi connectivity index (χ0v) is 10.4. The molecule has 6 nitrogen and oxygen atoms in total. The van der Waals surface area contributed by atoms with Gasteiger partial charge in [0.1, 0.15) is 0 Å². The van der Waals surface area contributed by atoms with E-state index in [1.54, 1.807) is 0 Å². The SMILES string of the molecule is CC(=O)NC(CSCCCCC(=O)[O-])C(=O)[O-]. The van der Waals surface area contributed by atoms with E-state index in [2.05, 4.69) is 5.32 Å². The quantitative estimate of drug-likeness (QED) is 0.476. The number of carbonyl (C=O) groups is 3. The lowest BCUT2D eigenvalue weighted by Crippen LogP contribution is -2.48. The second-order valence-corrected chi connectivity index (χ2v) is 4.63. The molecule has 0 aliphatic heterocycles. The molecule has 1 amide bonds. The monoisotopic (exact) mass is 261 g/mol. The summed E-state index contributed by atoms with van der Waals surface area (Å²) in [5.41, 5.74) is 0. The van der Waals surface area contributed by atoms with E-state index >= 15 is 0 Å². The van der Waals surface area contributed by atoms with Gasteiger partial charge in [0.15, 0.2) is 0 Å². The van der Waals surface area contributed by atoms with E-state index < -0.39 is 23.9 Å². The van der Waals surface area contributed by atoms with Crippen molar-refractivity contribution in [1.29, 1.82) is 0 Å². The number of thioether (sulfide) groups is 1.